The average Bonchev–Trinajstić information content (AvgIpc) is 3.19. The quantitative estimate of drug-likeness (QED) is 0.620. The Labute approximate surface area is 146 Å². The van der Waals surface area contributed by atoms with Gasteiger partial charge in [0.25, 0.3) is 0 Å². The number of H-pyrrole nitrogens is 1. The molecule has 0 aliphatic carbocycles. The van der Waals surface area contributed by atoms with E-state index in [1.165, 1.54) is 26.3 Å². The monoisotopic (exact) mass is 341 g/mol. The van der Waals surface area contributed by atoms with E-state index in [0.29, 0.717) is 13.1 Å². The number of hydrogen-bond acceptors (Lipinski definition) is 2. The van der Waals surface area contributed by atoms with E-state index >= 15 is 0 Å². The van der Waals surface area contributed by atoms with Crippen LogP contribution in [0.3, 0.4) is 0 Å². The third-order valence-corrected chi connectivity index (χ3v) is 5.32. The molecule has 3 N–H and O–H groups in total. The van der Waals surface area contributed by atoms with Crippen LogP contribution in [-0.4, -0.2) is 17.6 Å². The van der Waals surface area contributed by atoms with E-state index in [1.807, 2.05) is 6.20 Å². The number of rotatable bonds is 6. The summed E-state index contributed by atoms with van der Waals surface area (Å²) in [6.07, 6.45) is 3.89. The number of aromatic amines is 1. The second kappa shape index (κ2) is 7.53. The van der Waals surface area contributed by atoms with Crippen LogP contribution in [0.4, 0.5) is 4.79 Å². The smallest absolute Gasteiger partial charge is 0.315 e. The first kappa shape index (κ1) is 16.6. The van der Waals surface area contributed by atoms with Crippen molar-refractivity contribution in [3.05, 3.63) is 57.4 Å². The fourth-order valence-corrected chi connectivity index (χ4v) is 3.65. The van der Waals surface area contributed by atoms with Crippen LogP contribution in [-0.2, 0) is 19.4 Å². The standard InChI is InChI=1S/C19H23N3OS/c1-3-15-5-6-16(24-15)12-22-19(23)20-9-8-14-11-21-18-10-13(2)4-7-17(14)18/h4-7,10-11,21H,3,8-9,12H2,1-2H3,(H2,20,22,23). The number of fused-ring (bicyclic) bond motifs is 1. The van der Waals surface area contributed by atoms with Gasteiger partial charge in [0.05, 0.1) is 6.54 Å². The molecule has 0 saturated heterocycles. The number of benzene rings is 1. The fraction of sp³-hybridized carbons (Fsp3) is 0.316. The summed E-state index contributed by atoms with van der Waals surface area (Å²) in [5, 5.41) is 7.07. The predicted octanol–water partition coefficient (Wildman–Crippen LogP) is 4.14. The molecule has 5 heteroatoms. The van der Waals surface area contributed by atoms with Crippen molar-refractivity contribution in [1.29, 1.82) is 0 Å². The minimum absolute atomic E-state index is 0.114. The van der Waals surface area contributed by atoms with Gasteiger partial charge in [-0.2, -0.15) is 0 Å². The van der Waals surface area contributed by atoms with Crippen molar-refractivity contribution in [3.8, 4) is 0 Å². The molecule has 126 valence electrons. The summed E-state index contributed by atoms with van der Waals surface area (Å²) < 4.78 is 0. The van der Waals surface area contributed by atoms with Gasteiger partial charge in [-0.1, -0.05) is 19.1 Å². The van der Waals surface area contributed by atoms with E-state index in [2.05, 4.69) is 59.8 Å². The van der Waals surface area contributed by atoms with Crippen LogP contribution in [0.2, 0.25) is 0 Å². The molecule has 0 fully saturated rings. The Morgan fingerprint density at radius 1 is 1.17 bits per heavy atom. The summed E-state index contributed by atoms with van der Waals surface area (Å²) in [6, 6.07) is 10.5. The van der Waals surface area contributed by atoms with Gasteiger partial charge >= 0.3 is 6.03 Å². The molecule has 0 spiro atoms. The van der Waals surface area contributed by atoms with Crippen molar-refractivity contribution in [2.45, 2.75) is 33.2 Å². The molecule has 0 radical (unpaired) electrons. The lowest BCUT2D eigenvalue weighted by molar-refractivity contribution is 0.240. The third kappa shape index (κ3) is 3.97. The Bertz CT molecular complexity index is 834. The molecule has 1 aromatic carbocycles. The minimum Gasteiger partial charge on any atom is -0.361 e. The van der Waals surface area contributed by atoms with Crippen molar-refractivity contribution in [3.63, 3.8) is 0 Å². The van der Waals surface area contributed by atoms with Crippen LogP contribution in [0.5, 0.6) is 0 Å². The number of carbonyl (C=O) groups excluding carboxylic acids is 1. The molecule has 3 rings (SSSR count). The second-order valence-electron chi connectivity index (χ2n) is 5.94. The van der Waals surface area contributed by atoms with Crippen LogP contribution in [0, 0.1) is 6.92 Å². The Kier molecular flexibility index (Phi) is 5.20. The molecule has 4 nitrogen and oxygen atoms in total. The molecule has 2 amide bonds. The summed E-state index contributed by atoms with van der Waals surface area (Å²) in [6.45, 7) is 5.44. The van der Waals surface area contributed by atoms with Crippen LogP contribution in [0.15, 0.2) is 36.5 Å². The van der Waals surface area contributed by atoms with Crippen molar-refractivity contribution in [2.24, 2.45) is 0 Å². The summed E-state index contributed by atoms with van der Waals surface area (Å²) >= 11 is 1.75. The Balaban J connectivity index is 1.46. The molecule has 0 aliphatic rings. The lowest BCUT2D eigenvalue weighted by Crippen LogP contribution is -2.35. The van der Waals surface area contributed by atoms with Gasteiger partial charge in [-0.15, -0.1) is 11.3 Å². The number of nitrogens with one attached hydrogen (secondary N) is 3. The average molecular weight is 341 g/mol. The number of aromatic nitrogens is 1. The first-order valence-electron chi connectivity index (χ1n) is 8.31. The second-order valence-corrected chi connectivity index (χ2v) is 7.20. The Hall–Kier alpha value is -2.27. The van der Waals surface area contributed by atoms with Crippen molar-refractivity contribution < 1.29 is 4.79 Å². The van der Waals surface area contributed by atoms with Gasteiger partial charge in [-0.25, -0.2) is 4.79 Å². The topological polar surface area (TPSA) is 56.9 Å². The van der Waals surface area contributed by atoms with E-state index in [9.17, 15) is 4.79 Å². The lowest BCUT2D eigenvalue weighted by Gasteiger charge is -2.06. The molecule has 2 aromatic heterocycles. The maximum atomic E-state index is 11.9. The molecule has 0 atom stereocenters. The van der Waals surface area contributed by atoms with E-state index in [4.69, 9.17) is 0 Å². The molecular formula is C19H23N3OS. The van der Waals surface area contributed by atoms with Gasteiger partial charge in [0.2, 0.25) is 0 Å². The number of aryl methyl sites for hydroxylation is 2. The minimum atomic E-state index is -0.114. The maximum Gasteiger partial charge on any atom is 0.315 e. The molecule has 0 aliphatic heterocycles. The number of amides is 2. The largest absolute Gasteiger partial charge is 0.361 e. The SMILES string of the molecule is CCc1ccc(CNC(=O)NCCc2c[nH]c3cc(C)ccc23)s1. The van der Waals surface area contributed by atoms with Crippen LogP contribution in [0.1, 0.15) is 27.8 Å². The molecule has 0 saturated carbocycles. The zero-order chi connectivity index (χ0) is 16.9. The first-order chi connectivity index (χ1) is 11.7. The summed E-state index contributed by atoms with van der Waals surface area (Å²) in [5.41, 5.74) is 3.63. The van der Waals surface area contributed by atoms with E-state index in [0.717, 1.165) is 18.4 Å². The number of thiophene rings is 1. The number of hydrogen-bond donors (Lipinski definition) is 3. The molecule has 2 heterocycles. The Morgan fingerprint density at radius 2 is 2.00 bits per heavy atom. The highest BCUT2D eigenvalue weighted by atomic mass is 32.1. The maximum absolute atomic E-state index is 11.9. The van der Waals surface area contributed by atoms with Gasteiger partial charge in [0, 0.05) is 33.4 Å². The molecule has 3 aromatic rings. The molecule has 0 bridgehead atoms. The molecule has 0 unspecified atom stereocenters. The summed E-state index contributed by atoms with van der Waals surface area (Å²) in [5.74, 6) is 0. The van der Waals surface area contributed by atoms with Gasteiger partial charge in [0.15, 0.2) is 0 Å². The fourth-order valence-electron chi connectivity index (χ4n) is 2.75. The number of carbonyl (C=O) groups is 1. The first-order valence-corrected chi connectivity index (χ1v) is 9.13. The third-order valence-electron chi connectivity index (χ3n) is 4.09. The van der Waals surface area contributed by atoms with Crippen molar-refractivity contribution in [1.82, 2.24) is 15.6 Å². The number of urea groups is 1. The van der Waals surface area contributed by atoms with Crippen LogP contribution < -0.4 is 10.6 Å². The highest BCUT2D eigenvalue weighted by Crippen LogP contribution is 2.19. The van der Waals surface area contributed by atoms with Gasteiger partial charge in [-0.05, 0) is 49.1 Å². The van der Waals surface area contributed by atoms with Crippen LogP contribution >= 0.6 is 11.3 Å². The Morgan fingerprint density at radius 3 is 2.79 bits per heavy atom. The van der Waals surface area contributed by atoms with Gasteiger partial charge in [0.1, 0.15) is 0 Å². The van der Waals surface area contributed by atoms with Gasteiger partial charge in [-0.3, -0.25) is 0 Å². The van der Waals surface area contributed by atoms with E-state index < -0.39 is 0 Å². The zero-order valence-electron chi connectivity index (χ0n) is 14.1. The lowest BCUT2D eigenvalue weighted by atomic mass is 10.1. The summed E-state index contributed by atoms with van der Waals surface area (Å²) in [4.78, 5) is 17.7. The van der Waals surface area contributed by atoms with Crippen LogP contribution in [0.25, 0.3) is 10.9 Å². The predicted molar refractivity (Wildman–Crippen MR) is 101 cm³/mol. The highest BCUT2D eigenvalue weighted by molar-refractivity contribution is 7.11. The van der Waals surface area contributed by atoms with Crippen molar-refractivity contribution in [2.75, 3.05) is 6.54 Å². The zero-order valence-corrected chi connectivity index (χ0v) is 14.9. The van der Waals surface area contributed by atoms with E-state index in [1.54, 1.807) is 11.3 Å². The molecular weight excluding hydrogens is 318 g/mol. The normalized spacial score (nSPS) is 10.9. The molecule has 24 heavy (non-hydrogen) atoms. The highest BCUT2D eigenvalue weighted by Gasteiger charge is 2.06. The summed E-state index contributed by atoms with van der Waals surface area (Å²) in [7, 11) is 0. The van der Waals surface area contributed by atoms with Gasteiger partial charge < -0.3 is 15.6 Å². The van der Waals surface area contributed by atoms with Crippen molar-refractivity contribution >= 4 is 28.3 Å². The van der Waals surface area contributed by atoms with E-state index in [-0.39, 0.29) is 6.03 Å².